The molecule has 1 unspecified atom stereocenters. The first-order chi connectivity index (χ1) is 9.13. The molecule has 0 aliphatic carbocycles. The number of likely N-dealkylation sites (N-methyl/N-ethyl adjacent to an activating group) is 1. The van der Waals surface area contributed by atoms with Gasteiger partial charge in [0, 0.05) is 24.8 Å². The number of benzene rings is 2. The summed E-state index contributed by atoms with van der Waals surface area (Å²) in [5.41, 5.74) is 7.56. The lowest BCUT2D eigenvalue weighted by atomic mass is 10.0. The van der Waals surface area contributed by atoms with E-state index in [1.165, 1.54) is 0 Å². The molecule has 2 rings (SSSR count). The Morgan fingerprint density at radius 1 is 1.05 bits per heavy atom. The molecule has 19 heavy (non-hydrogen) atoms. The topological polar surface area (TPSA) is 69.7 Å². The molecule has 0 aliphatic heterocycles. The monoisotopic (exact) mass is 258 g/mol. The van der Waals surface area contributed by atoms with Crippen molar-refractivity contribution < 1.29 is 10.2 Å². The molecular formula is C15H18N2O2. The average molecular weight is 258 g/mol. The van der Waals surface area contributed by atoms with Crippen LogP contribution < -0.4 is 10.6 Å². The van der Waals surface area contributed by atoms with E-state index in [4.69, 9.17) is 5.73 Å². The Balaban J connectivity index is 2.32. The second-order valence-corrected chi connectivity index (χ2v) is 4.44. The van der Waals surface area contributed by atoms with E-state index in [9.17, 15) is 10.2 Å². The summed E-state index contributed by atoms with van der Waals surface area (Å²) in [5, 5.41) is 19.2. The maximum atomic E-state index is 9.93. The highest BCUT2D eigenvalue weighted by Crippen LogP contribution is 2.30. The van der Waals surface area contributed by atoms with Crippen LogP contribution in [0.3, 0.4) is 0 Å². The van der Waals surface area contributed by atoms with E-state index in [1.54, 1.807) is 24.3 Å². The van der Waals surface area contributed by atoms with Gasteiger partial charge in [0.25, 0.3) is 0 Å². The highest BCUT2D eigenvalue weighted by molar-refractivity contribution is 5.51. The molecule has 0 radical (unpaired) electrons. The van der Waals surface area contributed by atoms with E-state index < -0.39 is 0 Å². The normalized spacial score (nSPS) is 12.1. The standard InChI is InChI=1S/C15H18N2O2/c1-17(11-6-8-12(18)9-7-11)14(10-16)13-4-2-3-5-15(13)19/h2-9,14,18-19H,10,16H2,1H3. The van der Waals surface area contributed by atoms with Crippen LogP contribution in [0.25, 0.3) is 0 Å². The number of nitrogens with zero attached hydrogens (tertiary/aromatic N) is 1. The first-order valence-corrected chi connectivity index (χ1v) is 6.13. The van der Waals surface area contributed by atoms with Gasteiger partial charge in [0.1, 0.15) is 11.5 Å². The smallest absolute Gasteiger partial charge is 0.120 e. The molecule has 0 fully saturated rings. The SMILES string of the molecule is CN(c1ccc(O)cc1)C(CN)c1ccccc1O. The molecule has 4 heteroatoms. The summed E-state index contributed by atoms with van der Waals surface area (Å²) in [6, 6.07) is 14.0. The Morgan fingerprint density at radius 2 is 1.68 bits per heavy atom. The van der Waals surface area contributed by atoms with E-state index in [2.05, 4.69) is 0 Å². The van der Waals surface area contributed by atoms with Crippen LogP contribution in [0.2, 0.25) is 0 Å². The van der Waals surface area contributed by atoms with E-state index >= 15 is 0 Å². The van der Waals surface area contributed by atoms with Gasteiger partial charge in [0.2, 0.25) is 0 Å². The summed E-state index contributed by atoms with van der Waals surface area (Å²) < 4.78 is 0. The zero-order valence-corrected chi connectivity index (χ0v) is 10.8. The Labute approximate surface area is 112 Å². The lowest BCUT2D eigenvalue weighted by molar-refractivity contribution is 0.460. The number of phenols is 2. The van der Waals surface area contributed by atoms with Gasteiger partial charge < -0.3 is 20.8 Å². The number of nitrogens with two attached hydrogens (primary N) is 1. The van der Waals surface area contributed by atoms with Crippen molar-refractivity contribution in [2.45, 2.75) is 6.04 Å². The van der Waals surface area contributed by atoms with Crippen LogP contribution in [0, 0.1) is 0 Å². The van der Waals surface area contributed by atoms with Crippen LogP contribution in [0.15, 0.2) is 48.5 Å². The molecule has 0 saturated carbocycles. The molecule has 2 aromatic carbocycles. The van der Waals surface area contributed by atoms with Gasteiger partial charge in [-0.1, -0.05) is 18.2 Å². The number of rotatable bonds is 4. The minimum atomic E-state index is -0.120. The molecule has 2 aromatic rings. The molecule has 0 heterocycles. The third kappa shape index (κ3) is 2.80. The van der Waals surface area contributed by atoms with Crippen LogP contribution in [0.5, 0.6) is 11.5 Å². The molecular weight excluding hydrogens is 240 g/mol. The van der Waals surface area contributed by atoms with E-state index in [0.29, 0.717) is 6.54 Å². The third-order valence-electron chi connectivity index (χ3n) is 3.24. The third-order valence-corrected chi connectivity index (χ3v) is 3.24. The van der Waals surface area contributed by atoms with Gasteiger partial charge in [0.15, 0.2) is 0 Å². The van der Waals surface area contributed by atoms with Crippen molar-refractivity contribution in [2.75, 3.05) is 18.5 Å². The lowest BCUT2D eigenvalue weighted by Crippen LogP contribution is -2.30. The van der Waals surface area contributed by atoms with Crippen molar-refractivity contribution in [3.05, 3.63) is 54.1 Å². The molecule has 100 valence electrons. The van der Waals surface area contributed by atoms with Crippen molar-refractivity contribution in [3.8, 4) is 11.5 Å². The molecule has 0 aliphatic rings. The number of hydrogen-bond donors (Lipinski definition) is 3. The second-order valence-electron chi connectivity index (χ2n) is 4.44. The Morgan fingerprint density at radius 3 is 2.26 bits per heavy atom. The minimum absolute atomic E-state index is 0.120. The van der Waals surface area contributed by atoms with Gasteiger partial charge in [-0.2, -0.15) is 0 Å². The zero-order valence-electron chi connectivity index (χ0n) is 10.8. The number of phenolic OH excluding ortho intramolecular Hbond substituents is 2. The summed E-state index contributed by atoms with van der Waals surface area (Å²) >= 11 is 0. The summed E-state index contributed by atoms with van der Waals surface area (Å²) in [6.07, 6.45) is 0. The molecule has 4 N–H and O–H groups in total. The summed E-state index contributed by atoms with van der Waals surface area (Å²) in [7, 11) is 1.91. The fraction of sp³-hybridized carbons (Fsp3) is 0.200. The maximum absolute atomic E-state index is 9.93. The van der Waals surface area contributed by atoms with Gasteiger partial charge in [-0.3, -0.25) is 0 Å². The van der Waals surface area contributed by atoms with E-state index in [1.807, 2.05) is 36.2 Å². The molecule has 0 bridgehead atoms. The first kappa shape index (κ1) is 13.2. The van der Waals surface area contributed by atoms with Gasteiger partial charge >= 0.3 is 0 Å². The van der Waals surface area contributed by atoms with E-state index in [-0.39, 0.29) is 17.5 Å². The predicted molar refractivity (Wildman–Crippen MR) is 76.4 cm³/mol. The van der Waals surface area contributed by atoms with Crippen molar-refractivity contribution >= 4 is 5.69 Å². The summed E-state index contributed by atoms with van der Waals surface area (Å²) in [6.45, 7) is 0.384. The number of hydrogen-bond acceptors (Lipinski definition) is 4. The quantitative estimate of drug-likeness (QED) is 0.786. The van der Waals surface area contributed by atoms with Gasteiger partial charge in [-0.25, -0.2) is 0 Å². The maximum Gasteiger partial charge on any atom is 0.120 e. The molecule has 0 amide bonds. The molecule has 0 spiro atoms. The Kier molecular flexibility index (Phi) is 3.92. The zero-order chi connectivity index (χ0) is 13.8. The largest absolute Gasteiger partial charge is 0.508 e. The number of anilines is 1. The fourth-order valence-electron chi connectivity index (χ4n) is 2.13. The average Bonchev–Trinajstić information content (AvgIpc) is 2.42. The van der Waals surface area contributed by atoms with Crippen LogP contribution in [0.4, 0.5) is 5.69 Å². The van der Waals surface area contributed by atoms with Gasteiger partial charge in [-0.05, 0) is 30.3 Å². The van der Waals surface area contributed by atoms with Crippen molar-refractivity contribution in [3.63, 3.8) is 0 Å². The minimum Gasteiger partial charge on any atom is -0.508 e. The van der Waals surface area contributed by atoms with Crippen molar-refractivity contribution in [1.29, 1.82) is 0 Å². The van der Waals surface area contributed by atoms with Crippen molar-refractivity contribution in [2.24, 2.45) is 5.73 Å². The van der Waals surface area contributed by atoms with Crippen LogP contribution in [0.1, 0.15) is 11.6 Å². The summed E-state index contributed by atoms with van der Waals surface area (Å²) in [4.78, 5) is 1.98. The predicted octanol–water partition coefficient (Wildman–Crippen LogP) is 2.23. The van der Waals surface area contributed by atoms with Gasteiger partial charge in [-0.15, -0.1) is 0 Å². The van der Waals surface area contributed by atoms with Crippen LogP contribution >= 0.6 is 0 Å². The summed E-state index contributed by atoms with van der Waals surface area (Å²) in [5.74, 6) is 0.465. The molecule has 4 nitrogen and oxygen atoms in total. The molecule has 0 aromatic heterocycles. The fourth-order valence-corrected chi connectivity index (χ4v) is 2.13. The van der Waals surface area contributed by atoms with Gasteiger partial charge in [0.05, 0.1) is 6.04 Å². The number of para-hydroxylation sites is 1. The number of aromatic hydroxyl groups is 2. The van der Waals surface area contributed by atoms with E-state index in [0.717, 1.165) is 11.3 Å². The highest BCUT2D eigenvalue weighted by atomic mass is 16.3. The van der Waals surface area contributed by atoms with Crippen LogP contribution in [-0.2, 0) is 0 Å². The molecule has 0 saturated heterocycles. The highest BCUT2D eigenvalue weighted by Gasteiger charge is 2.18. The second kappa shape index (κ2) is 5.63. The lowest BCUT2D eigenvalue weighted by Gasteiger charge is -2.30. The van der Waals surface area contributed by atoms with Crippen molar-refractivity contribution in [1.82, 2.24) is 0 Å². The Bertz CT molecular complexity index is 540. The van der Waals surface area contributed by atoms with Crippen LogP contribution in [-0.4, -0.2) is 23.8 Å². The first-order valence-electron chi connectivity index (χ1n) is 6.13. The Hall–Kier alpha value is -2.20. The molecule has 1 atom stereocenters.